The number of fused-ring (bicyclic) bond motifs is 20. The molecule has 3 aromatic heterocycles. The highest BCUT2D eigenvalue weighted by molar-refractivity contribution is 7.00. The van der Waals surface area contributed by atoms with Crippen molar-refractivity contribution in [1.82, 2.24) is 13.7 Å². The molecule has 0 bridgehead atoms. The maximum atomic E-state index is 2.64. The van der Waals surface area contributed by atoms with Crippen LogP contribution in [-0.4, -0.2) is 20.4 Å². The molecular formula is C54H30BN3. The summed E-state index contributed by atoms with van der Waals surface area (Å²) in [5, 5.41) is 15.5. The summed E-state index contributed by atoms with van der Waals surface area (Å²) in [5.41, 5.74) is 15.5. The van der Waals surface area contributed by atoms with E-state index in [1.54, 1.807) is 0 Å². The molecule has 0 radical (unpaired) electrons. The molecule has 0 atom stereocenters. The van der Waals surface area contributed by atoms with Gasteiger partial charge in [0.25, 0.3) is 6.71 Å². The van der Waals surface area contributed by atoms with Crippen LogP contribution in [0.5, 0.6) is 0 Å². The number of benzene rings is 10. The molecule has 0 unspecified atom stereocenters. The van der Waals surface area contributed by atoms with Gasteiger partial charge in [0.15, 0.2) is 0 Å². The van der Waals surface area contributed by atoms with E-state index in [2.05, 4.69) is 196 Å². The monoisotopic (exact) mass is 731 g/mol. The van der Waals surface area contributed by atoms with Gasteiger partial charge in [0, 0.05) is 60.1 Å². The number of rotatable bonds is 1. The summed E-state index contributed by atoms with van der Waals surface area (Å²) in [4.78, 5) is 0. The summed E-state index contributed by atoms with van der Waals surface area (Å²) in [6.45, 7) is 0.0857. The fraction of sp³-hybridized carbons (Fsp3) is 0. The summed E-state index contributed by atoms with van der Waals surface area (Å²) in [6.07, 6.45) is 0. The van der Waals surface area contributed by atoms with Crippen molar-refractivity contribution in [2.45, 2.75) is 0 Å². The van der Waals surface area contributed by atoms with E-state index in [-0.39, 0.29) is 6.71 Å². The highest BCUT2D eigenvalue weighted by atomic mass is 15.0. The standard InChI is InChI=1S/C54H30BN3/c1-2-18-38-32(13-1)41-29-31(56-45-23-7-3-14-34(45)35-15-4-8-24-46(35)56)27-28-33(41)42-30-49-51-54(50(38)42)58-48-26-10-6-17-37(48)40-20-12-22-44(53(40)58)55(51)43-21-11-19-39-36-16-5-9-25-47(36)57(49)52(39)43/h1-30H. The van der Waals surface area contributed by atoms with Crippen molar-refractivity contribution in [1.29, 1.82) is 0 Å². The Kier molecular flexibility index (Phi) is 5.24. The molecule has 2 aliphatic rings. The largest absolute Gasteiger partial charge is 0.310 e. The van der Waals surface area contributed by atoms with Crippen molar-refractivity contribution < 1.29 is 0 Å². The topological polar surface area (TPSA) is 14.8 Å². The lowest BCUT2D eigenvalue weighted by atomic mass is 9.34. The second-order valence-corrected chi connectivity index (χ2v) is 16.4. The minimum absolute atomic E-state index is 0.0857. The predicted molar refractivity (Wildman–Crippen MR) is 247 cm³/mol. The average Bonchev–Trinajstić information content (AvgIpc) is 3.93. The molecule has 0 spiro atoms. The lowest BCUT2D eigenvalue weighted by Crippen LogP contribution is -2.59. The molecule has 15 rings (SSSR count). The van der Waals surface area contributed by atoms with E-state index in [0.717, 1.165) is 0 Å². The van der Waals surface area contributed by atoms with Crippen molar-refractivity contribution in [3.63, 3.8) is 0 Å². The SMILES string of the molecule is c1ccc2c(c1)c1cc(-n3c4ccccc4c4ccccc43)ccc1c1cc3c4c(c21)-n1c2ccccc2c2cccc(c21)B4c1cccc2c4ccccc4n-3c12. The molecule has 0 aliphatic carbocycles. The molecule has 0 N–H and O–H groups in total. The van der Waals surface area contributed by atoms with Crippen molar-refractivity contribution in [3.8, 4) is 17.1 Å². The van der Waals surface area contributed by atoms with Gasteiger partial charge in [0.2, 0.25) is 0 Å². The van der Waals surface area contributed by atoms with Crippen LogP contribution in [-0.2, 0) is 0 Å². The van der Waals surface area contributed by atoms with Crippen molar-refractivity contribution in [3.05, 3.63) is 182 Å². The van der Waals surface area contributed by atoms with Gasteiger partial charge in [-0.3, -0.25) is 0 Å². The van der Waals surface area contributed by atoms with Crippen molar-refractivity contribution in [2.24, 2.45) is 0 Å². The zero-order chi connectivity index (χ0) is 37.4. The molecule has 5 heterocycles. The summed E-state index contributed by atoms with van der Waals surface area (Å²) >= 11 is 0. The molecule has 58 heavy (non-hydrogen) atoms. The van der Waals surface area contributed by atoms with E-state index in [1.165, 1.54) is 131 Å². The minimum Gasteiger partial charge on any atom is -0.310 e. The number of hydrogen-bond donors (Lipinski definition) is 0. The Balaban J connectivity index is 1.18. The van der Waals surface area contributed by atoms with Crippen LogP contribution in [0.15, 0.2) is 182 Å². The van der Waals surface area contributed by atoms with E-state index in [1.807, 2.05) is 0 Å². The Morgan fingerprint density at radius 1 is 0.310 bits per heavy atom. The van der Waals surface area contributed by atoms with Crippen LogP contribution in [0.25, 0.3) is 115 Å². The van der Waals surface area contributed by atoms with Crippen LogP contribution in [0, 0.1) is 0 Å². The van der Waals surface area contributed by atoms with E-state index >= 15 is 0 Å². The minimum atomic E-state index is 0.0857. The maximum Gasteiger partial charge on any atom is 0.252 e. The average molecular weight is 732 g/mol. The predicted octanol–water partition coefficient (Wildman–Crippen LogP) is 11.6. The maximum absolute atomic E-state index is 2.64. The van der Waals surface area contributed by atoms with E-state index in [9.17, 15) is 0 Å². The quantitative estimate of drug-likeness (QED) is 0.118. The summed E-state index contributed by atoms with van der Waals surface area (Å²) in [7, 11) is 0. The normalized spacial score (nSPS) is 13.1. The summed E-state index contributed by atoms with van der Waals surface area (Å²) < 4.78 is 7.68. The number of nitrogens with zero attached hydrogens (tertiary/aromatic N) is 3. The second-order valence-electron chi connectivity index (χ2n) is 16.4. The molecule has 3 nitrogen and oxygen atoms in total. The lowest BCUT2D eigenvalue weighted by Gasteiger charge is -2.35. The first kappa shape index (κ1) is 29.7. The summed E-state index contributed by atoms with van der Waals surface area (Å²) in [5.74, 6) is 0. The van der Waals surface area contributed by atoms with Gasteiger partial charge >= 0.3 is 0 Å². The number of para-hydroxylation sites is 6. The molecule has 10 aromatic carbocycles. The molecule has 264 valence electrons. The molecule has 4 heteroatoms. The van der Waals surface area contributed by atoms with Gasteiger partial charge in [-0.1, -0.05) is 140 Å². The zero-order valence-corrected chi connectivity index (χ0v) is 31.2. The van der Waals surface area contributed by atoms with Crippen LogP contribution >= 0.6 is 0 Å². The number of hydrogen-bond acceptors (Lipinski definition) is 0. The smallest absolute Gasteiger partial charge is 0.252 e. The fourth-order valence-electron chi connectivity index (χ4n) is 11.6. The highest BCUT2D eigenvalue weighted by Crippen LogP contribution is 2.46. The highest BCUT2D eigenvalue weighted by Gasteiger charge is 2.42. The van der Waals surface area contributed by atoms with Crippen LogP contribution in [0.3, 0.4) is 0 Å². The Labute approximate surface area is 332 Å². The Bertz CT molecular complexity index is 3990. The van der Waals surface area contributed by atoms with Gasteiger partial charge in [-0.15, -0.1) is 0 Å². The van der Waals surface area contributed by atoms with Gasteiger partial charge in [-0.25, -0.2) is 0 Å². The molecule has 2 aliphatic heterocycles. The molecule has 0 amide bonds. The van der Waals surface area contributed by atoms with Gasteiger partial charge in [-0.2, -0.15) is 0 Å². The van der Waals surface area contributed by atoms with Gasteiger partial charge in [0.1, 0.15) is 0 Å². The Morgan fingerprint density at radius 3 is 1.40 bits per heavy atom. The molecule has 13 aromatic rings. The third-order valence-corrected chi connectivity index (χ3v) is 13.8. The third-order valence-electron chi connectivity index (χ3n) is 13.8. The summed E-state index contributed by atoms with van der Waals surface area (Å²) in [6, 6.07) is 68.6. The lowest BCUT2D eigenvalue weighted by molar-refractivity contribution is 1.16. The Morgan fingerprint density at radius 2 is 0.776 bits per heavy atom. The molecule has 0 saturated heterocycles. The van der Waals surface area contributed by atoms with Crippen LogP contribution in [0.1, 0.15) is 0 Å². The van der Waals surface area contributed by atoms with Crippen molar-refractivity contribution >= 4 is 121 Å². The van der Waals surface area contributed by atoms with Gasteiger partial charge in [0.05, 0.1) is 27.8 Å². The zero-order valence-electron chi connectivity index (χ0n) is 31.2. The van der Waals surface area contributed by atoms with Gasteiger partial charge in [-0.05, 0) is 85.8 Å². The molecule has 0 saturated carbocycles. The number of aromatic nitrogens is 3. The van der Waals surface area contributed by atoms with Gasteiger partial charge < -0.3 is 13.7 Å². The van der Waals surface area contributed by atoms with Crippen molar-refractivity contribution in [2.75, 3.05) is 0 Å². The first-order valence-corrected chi connectivity index (χ1v) is 20.3. The van der Waals surface area contributed by atoms with Crippen LogP contribution < -0.4 is 16.4 Å². The molecular weight excluding hydrogens is 701 g/mol. The van der Waals surface area contributed by atoms with E-state index in [4.69, 9.17) is 0 Å². The first-order chi connectivity index (χ1) is 28.8. The first-order valence-electron chi connectivity index (χ1n) is 20.3. The third kappa shape index (κ3) is 3.35. The van der Waals surface area contributed by atoms with E-state index in [0.29, 0.717) is 0 Å². The van der Waals surface area contributed by atoms with E-state index < -0.39 is 0 Å². The van der Waals surface area contributed by atoms with Crippen LogP contribution in [0.2, 0.25) is 0 Å². The fourth-order valence-corrected chi connectivity index (χ4v) is 11.6. The molecule has 0 fully saturated rings. The second kappa shape index (κ2) is 10.2. The van der Waals surface area contributed by atoms with Crippen LogP contribution in [0.4, 0.5) is 0 Å². The Hall–Kier alpha value is -7.56.